The summed E-state index contributed by atoms with van der Waals surface area (Å²) in [5, 5.41) is 7.82. The predicted octanol–water partition coefficient (Wildman–Crippen LogP) is 3.88. The third kappa shape index (κ3) is 4.69. The normalized spacial score (nSPS) is 13.0. The minimum Gasteiger partial charge on any atom is -0.493 e. The molecule has 11 heteroatoms. The van der Waals surface area contributed by atoms with E-state index in [0.717, 1.165) is 40.8 Å². The predicted molar refractivity (Wildman–Crippen MR) is 135 cm³/mol. The van der Waals surface area contributed by atoms with Gasteiger partial charge in [-0.05, 0) is 36.1 Å². The van der Waals surface area contributed by atoms with E-state index in [1.54, 1.807) is 33.5 Å². The Bertz CT molecular complexity index is 1180. The maximum atomic E-state index is 7.82. The van der Waals surface area contributed by atoms with Crippen LogP contribution in [0.2, 0.25) is 0 Å². The molecule has 0 saturated heterocycles. The molecule has 0 amide bonds. The number of hydrogen-bond donors (Lipinski definition) is 4. The van der Waals surface area contributed by atoms with E-state index in [4.69, 9.17) is 36.1 Å². The van der Waals surface area contributed by atoms with Crippen molar-refractivity contribution in [2.75, 3.05) is 27.1 Å². The maximum Gasteiger partial charge on any atom is 0.203 e. The number of ether oxygens (including phenoxy) is 3. The molecule has 0 unspecified atom stereocenters. The largest absolute Gasteiger partial charge is 0.493 e. The molecule has 0 atom stereocenters. The van der Waals surface area contributed by atoms with Gasteiger partial charge in [0.2, 0.25) is 5.75 Å². The van der Waals surface area contributed by atoms with Gasteiger partial charge in [-0.25, -0.2) is 9.98 Å². The van der Waals surface area contributed by atoms with Crippen LogP contribution in [0.15, 0.2) is 35.3 Å². The number of aromatic nitrogens is 2. The van der Waals surface area contributed by atoms with Crippen molar-refractivity contribution in [3.8, 4) is 28.5 Å². The highest BCUT2D eigenvalue weighted by atomic mass is 35.5. The number of imidazole rings is 1. The molecule has 1 aromatic heterocycles. The van der Waals surface area contributed by atoms with Gasteiger partial charge in [0.05, 0.1) is 27.0 Å². The monoisotopic (exact) mass is 492 g/mol. The van der Waals surface area contributed by atoms with E-state index in [1.165, 1.54) is 0 Å². The SMILES string of the molecule is COc1cc(-c2nc(N)[nH]c2N=C2CCc3c(C(=N)N)cccc32)cc(OC)c1OC.Cl.Cl. The standard InChI is InChI=1S/C22H24N6O3.2ClH/c1-29-16-9-11(10-17(30-2)19(16)31-3)18-21(28-22(25)27-18)26-15-8-7-12-13(15)5-4-6-14(12)20(23)24;;/h4-6,9-10H,7-8H2,1-3H3,(H3,23,24)(H3,25,27,28);2*1H. The number of anilines is 1. The first-order valence-electron chi connectivity index (χ1n) is 9.66. The zero-order chi connectivity index (χ0) is 22.1. The van der Waals surface area contributed by atoms with Gasteiger partial charge in [-0.15, -0.1) is 24.8 Å². The minimum absolute atomic E-state index is 0. The number of hydrogen-bond acceptors (Lipinski definition) is 7. The highest BCUT2D eigenvalue weighted by Crippen LogP contribution is 2.43. The molecule has 1 aliphatic carbocycles. The molecule has 4 rings (SSSR count). The van der Waals surface area contributed by atoms with Gasteiger partial charge in [-0.2, -0.15) is 0 Å². The fourth-order valence-corrected chi connectivity index (χ4v) is 3.89. The third-order valence-electron chi connectivity index (χ3n) is 5.28. The van der Waals surface area contributed by atoms with E-state index in [1.807, 2.05) is 18.2 Å². The van der Waals surface area contributed by atoms with Crippen LogP contribution in [0.4, 0.5) is 11.8 Å². The molecule has 1 aliphatic rings. The number of rotatable bonds is 6. The highest BCUT2D eigenvalue weighted by molar-refractivity contribution is 6.09. The summed E-state index contributed by atoms with van der Waals surface area (Å²) < 4.78 is 16.3. The van der Waals surface area contributed by atoms with Crippen molar-refractivity contribution in [1.82, 2.24) is 9.97 Å². The summed E-state index contributed by atoms with van der Waals surface area (Å²) in [6, 6.07) is 9.35. The zero-order valence-electron chi connectivity index (χ0n) is 18.4. The summed E-state index contributed by atoms with van der Waals surface area (Å²) in [5.41, 5.74) is 16.7. The number of halogens is 2. The number of nitrogens with zero attached hydrogens (tertiary/aromatic N) is 2. The Balaban J connectivity index is 0.00000193. The number of methoxy groups -OCH3 is 3. The average Bonchev–Trinajstić information content (AvgIpc) is 3.35. The van der Waals surface area contributed by atoms with Gasteiger partial charge in [-0.1, -0.05) is 18.2 Å². The summed E-state index contributed by atoms with van der Waals surface area (Å²) in [7, 11) is 4.67. The van der Waals surface area contributed by atoms with Crippen molar-refractivity contribution in [2.24, 2.45) is 10.7 Å². The van der Waals surface area contributed by atoms with Crippen LogP contribution < -0.4 is 25.7 Å². The highest BCUT2D eigenvalue weighted by Gasteiger charge is 2.23. The van der Waals surface area contributed by atoms with Gasteiger partial charge < -0.3 is 30.7 Å². The van der Waals surface area contributed by atoms with Crippen molar-refractivity contribution in [1.29, 1.82) is 5.41 Å². The number of amidine groups is 1. The molecule has 0 fully saturated rings. The smallest absolute Gasteiger partial charge is 0.203 e. The fraction of sp³-hybridized carbons (Fsp3) is 0.227. The average molecular weight is 493 g/mol. The summed E-state index contributed by atoms with van der Waals surface area (Å²) in [4.78, 5) is 12.3. The third-order valence-corrected chi connectivity index (χ3v) is 5.28. The summed E-state index contributed by atoms with van der Waals surface area (Å²) >= 11 is 0. The van der Waals surface area contributed by atoms with Gasteiger partial charge in [0, 0.05) is 11.1 Å². The van der Waals surface area contributed by atoms with Crippen LogP contribution in [0.3, 0.4) is 0 Å². The molecule has 0 aliphatic heterocycles. The van der Waals surface area contributed by atoms with Crippen molar-refractivity contribution < 1.29 is 14.2 Å². The van der Waals surface area contributed by atoms with Crippen LogP contribution in [0.1, 0.15) is 23.1 Å². The fourth-order valence-electron chi connectivity index (χ4n) is 3.89. The molecule has 176 valence electrons. The van der Waals surface area contributed by atoms with Gasteiger partial charge in [0.25, 0.3) is 0 Å². The molecule has 33 heavy (non-hydrogen) atoms. The lowest BCUT2D eigenvalue weighted by molar-refractivity contribution is 0.324. The van der Waals surface area contributed by atoms with E-state index in [2.05, 4.69) is 9.97 Å². The Morgan fingerprint density at radius 2 is 1.73 bits per heavy atom. The molecule has 0 radical (unpaired) electrons. The van der Waals surface area contributed by atoms with Crippen LogP contribution in [-0.2, 0) is 6.42 Å². The summed E-state index contributed by atoms with van der Waals surface area (Å²) in [6.45, 7) is 0. The van der Waals surface area contributed by atoms with Crippen molar-refractivity contribution in [3.05, 3.63) is 47.0 Å². The van der Waals surface area contributed by atoms with Gasteiger partial charge in [0.1, 0.15) is 11.5 Å². The maximum absolute atomic E-state index is 7.82. The summed E-state index contributed by atoms with van der Waals surface area (Å²) in [5.74, 6) is 2.35. The quantitative estimate of drug-likeness (QED) is 0.303. The number of fused-ring (bicyclic) bond motifs is 1. The molecule has 0 bridgehead atoms. The van der Waals surface area contributed by atoms with E-state index < -0.39 is 0 Å². The molecular formula is C22H26Cl2N6O3. The van der Waals surface area contributed by atoms with E-state index >= 15 is 0 Å². The van der Waals surface area contributed by atoms with Crippen LogP contribution in [0.25, 0.3) is 11.3 Å². The van der Waals surface area contributed by atoms with Gasteiger partial charge in [0.15, 0.2) is 23.3 Å². The Kier molecular flexibility index (Phi) is 8.18. The first-order chi connectivity index (χ1) is 15.0. The number of nitrogen functional groups attached to an aromatic ring is 2. The lowest BCUT2D eigenvalue weighted by Crippen LogP contribution is -2.13. The van der Waals surface area contributed by atoms with Crippen LogP contribution in [0, 0.1) is 5.41 Å². The lowest BCUT2D eigenvalue weighted by Gasteiger charge is -2.13. The van der Waals surface area contributed by atoms with Crippen LogP contribution in [0.5, 0.6) is 17.2 Å². The first kappa shape index (κ1) is 25.8. The van der Waals surface area contributed by atoms with Crippen molar-refractivity contribution in [2.45, 2.75) is 12.8 Å². The first-order valence-corrected chi connectivity index (χ1v) is 9.66. The Morgan fingerprint density at radius 3 is 2.30 bits per heavy atom. The number of nitrogens with two attached hydrogens (primary N) is 2. The Hall–Kier alpha value is -3.43. The molecule has 9 nitrogen and oxygen atoms in total. The number of aromatic amines is 1. The van der Waals surface area contributed by atoms with E-state index in [-0.39, 0.29) is 36.6 Å². The number of nitrogens with one attached hydrogen (secondary N) is 2. The Labute approximate surface area is 203 Å². The molecule has 0 spiro atoms. The number of aliphatic imine (C=N–C) groups is 1. The molecule has 3 aromatic rings. The minimum atomic E-state index is 0. The zero-order valence-corrected chi connectivity index (χ0v) is 20.0. The Morgan fingerprint density at radius 1 is 1.06 bits per heavy atom. The summed E-state index contributed by atoms with van der Waals surface area (Å²) in [6.07, 6.45) is 1.50. The van der Waals surface area contributed by atoms with Crippen molar-refractivity contribution in [3.63, 3.8) is 0 Å². The van der Waals surface area contributed by atoms with Crippen LogP contribution >= 0.6 is 24.8 Å². The number of H-pyrrole nitrogens is 1. The second-order valence-corrected chi connectivity index (χ2v) is 7.04. The topological polar surface area (TPSA) is 145 Å². The molecule has 0 saturated carbocycles. The van der Waals surface area contributed by atoms with E-state index in [0.29, 0.717) is 28.8 Å². The molecule has 6 N–H and O–H groups in total. The molecular weight excluding hydrogens is 467 g/mol. The second-order valence-electron chi connectivity index (χ2n) is 7.04. The van der Waals surface area contributed by atoms with Gasteiger partial charge in [-0.3, -0.25) is 5.41 Å². The molecule has 1 heterocycles. The molecule has 2 aromatic carbocycles. The van der Waals surface area contributed by atoms with Crippen molar-refractivity contribution >= 4 is 48.1 Å². The number of benzene rings is 2. The van der Waals surface area contributed by atoms with Gasteiger partial charge >= 0.3 is 0 Å². The van der Waals surface area contributed by atoms with Crippen LogP contribution in [-0.4, -0.2) is 42.8 Å². The second kappa shape index (κ2) is 10.5. The lowest BCUT2D eigenvalue weighted by atomic mass is 10.0. The van der Waals surface area contributed by atoms with E-state index in [9.17, 15) is 0 Å².